The molecule has 0 spiro atoms. The van der Waals surface area contributed by atoms with Crippen molar-refractivity contribution < 1.29 is 26.3 Å². The maximum atomic E-state index is 14.5. The molecule has 1 unspecified atom stereocenters. The fourth-order valence-electron chi connectivity index (χ4n) is 3.41. The van der Waals surface area contributed by atoms with Crippen LogP contribution in [0.15, 0.2) is 53.9 Å². The first-order valence-corrected chi connectivity index (χ1v) is 9.75. The number of anilines is 1. The topological polar surface area (TPSA) is 29.9 Å². The normalized spacial score (nSPS) is 17.8. The fourth-order valence-corrected chi connectivity index (χ4v) is 3.41. The Labute approximate surface area is 175 Å². The van der Waals surface area contributed by atoms with E-state index < -0.39 is 29.2 Å². The van der Waals surface area contributed by atoms with Gasteiger partial charge in [-0.1, -0.05) is 19.1 Å². The zero-order chi connectivity index (χ0) is 22.8. The average molecular weight is 441 g/mol. The molecule has 0 saturated heterocycles. The molecule has 2 aromatic rings. The number of fused-ring (bicyclic) bond motifs is 1. The number of aryl methyl sites for hydroxylation is 1. The van der Waals surface area contributed by atoms with Gasteiger partial charge in [-0.25, -0.2) is 13.2 Å². The van der Waals surface area contributed by atoms with E-state index >= 15 is 0 Å². The van der Waals surface area contributed by atoms with E-state index in [4.69, 9.17) is 0 Å². The Morgan fingerprint density at radius 1 is 1.23 bits per heavy atom. The van der Waals surface area contributed by atoms with Crippen molar-refractivity contribution in [3.63, 3.8) is 0 Å². The van der Waals surface area contributed by atoms with Gasteiger partial charge >= 0.3 is 6.18 Å². The predicted octanol–water partition coefficient (Wildman–Crippen LogP) is 6.87. The second-order valence-corrected chi connectivity index (χ2v) is 7.05. The van der Waals surface area contributed by atoms with Gasteiger partial charge in [0.05, 0.1) is 23.0 Å². The van der Waals surface area contributed by atoms with Gasteiger partial charge < -0.3 is 5.32 Å². The highest BCUT2D eigenvalue weighted by molar-refractivity contribution is 5.77. The van der Waals surface area contributed by atoms with Crippen LogP contribution in [0.2, 0.25) is 0 Å². The van der Waals surface area contributed by atoms with E-state index in [9.17, 15) is 26.3 Å². The number of hydrogen-bond donors (Lipinski definition) is 1. The summed E-state index contributed by atoms with van der Waals surface area (Å²) in [6, 6.07) is 4.57. The second kappa shape index (κ2) is 9.03. The maximum Gasteiger partial charge on any atom is 0.416 e. The lowest BCUT2D eigenvalue weighted by Crippen LogP contribution is -2.11. The minimum Gasteiger partial charge on any atom is -0.377 e. The van der Waals surface area contributed by atoms with Gasteiger partial charge in [-0.3, -0.25) is 4.68 Å². The third-order valence-electron chi connectivity index (χ3n) is 4.90. The third-order valence-corrected chi connectivity index (χ3v) is 4.90. The summed E-state index contributed by atoms with van der Waals surface area (Å²) in [7, 11) is 0. The van der Waals surface area contributed by atoms with Gasteiger partial charge in [0.1, 0.15) is 5.83 Å². The summed E-state index contributed by atoms with van der Waals surface area (Å²) >= 11 is 0. The molecule has 166 valence electrons. The molecule has 31 heavy (non-hydrogen) atoms. The van der Waals surface area contributed by atoms with E-state index in [1.54, 1.807) is 11.6 Å². The number of rotatable bonds is 6. The second-order valence-electron chi connectivity index (χ2n) is 7.05. The van der Waals surface area contributed by atoms with Crippen LogP contribution in [0, 0.1) is 11.6 Å². The Kier molecular flexibility index (Phi) is 6.62. The number of benzene rings is 1. The van der Waals surface area contributed by atoms with Crippen LogP contribution in [-0.2, 0) is 6.54 Å². The van der Waals surface area contributed by atoms with Crippen LogP contribution >= 0.6 is 0 Å². The molecular formula is C22H21F6N3. The van der Waals surface area contributed by atoms with E-state index in [1.807, 2.05) is 0 Å². The molecule has 1 aromatic heterocycles. The van der Waals surface area contributed by atoms with Gasteiger partial charge in [0, 0.05) is 23.9 Å². The lowest BCUT2D eigenvalue weighted by molar-refractivity contribution is -0.0883. The summed E-state index contributed by atoms with van der Waals surface area (Å²) in [6.45, 7) is 3.39. The maximum absolute atomic E-state index is 14.5. The van der Waals surface area contributed by atoms with E-state index in [2.05, 4.69) is 10.4 Å². The van der Waals surface area contributed by atoms with Gasteiger partial charge in [0.25, 0.3) is 0 Å². The van der Waals surface area contributed by atoms with Crippen molar-refractivity contribution in [1.82, 2.24) is 9.78 Å². The van der Waals surface area contributed by atoms with Gasteiger partial charge in [0.2, 0.25) is 0 Å². The number of hydrogen-bond acceptors (Lipinski definition) is 2. The molecule has 1 aliphatic rings. The minimum absolute atomic E-state index is 0.0636. The quantitative estimate of drug-likeness (QED) is 0.391. The monoisotopic (exact) mass is 441 g/mol. The Balaban J connectivity index is 1.96. The Bertz CT molecular complexity index is 1050. The molecule has 1 aliphatic heterocycles. The zero-order valence-corrected chi connectivity index (χ0v) is 16.9. The molecule has 9 heteroatoms. The number of allylic oxidation sites excluding steroid dienone is 6. The predicted molar refractivity (Wildman–Crippen MR) is 107 cm³/mol. The minimum atomic E-state index is -4.63. The first-order chi connectivity index (χ1) is 14.6. The van der Waals surface area contributed by atoms with E-state index in [0.29, 0.717) is 24.3 Å². The third kappa shape index (κ3) is 5.03. The lowest BCUT2D eigenvalue weighted by Gasteiger charge is -2.13. The Morgan fingerprint density at radius 2 is 1.97 bits per heavy atom. The number of aromatic nitrogens is 2. The van der Waals surface area contributed by atoms with Gasteiger partial charge in [-0.2, -0.15) is 18.3 Å². The van der Waals surface area contributed by atoms with Crippen molar-refractivity contribution in [3.05, 3.63) is 76.9 Å². The van der Waals surface area contributed by atoms with Crippen molar-refractivity contribution in [2.45, 2.75) is 45.5 Å². The molecule has 0 bridgehead atoms. The smallest absolute Gasteiger partial charge is 0.377 e. The van der Waals surface area contributed by atoms with Gasteiger partial charge in [-0.15, -0.1) is 0 Å². The van der Waals surface area contributed by atoms with E-state index in [0.717, 1.165) is 30.4 Å². The van der Waals surface area contributed by atoms with E-state index in [1.165, 1.54) is 19.1 Å². The van der Waals surface area contributed by atoms with Crippen LogP contribution in [0.4, 0.5) is 32.0 Å². The summed E-state index contributed by atoms with van der Waals surface area (Å²) in [6.07, 6.45) is -1.09. The van der Waals surface area contributed by atoms with Crippen LogP contribution in [0.5, 0.6) is 0 Å². The first kappa shape index (κ1) is 22.7. The van der Waals surface area contributed by atoms with Crippen LogP contribution in [-0.4, -0.2) is 16.0 Å². The molecular weight excluding hydrogens is 420 g/mol. The van der Waals surface area contributed by atoms with E-state index in [-0.39, 0.29) is 23.7 Å². The number of alkyl halides is 3. The van der Waals surface area contributed by atoms with Gasteiger partial charge in [-0.05, 0) is 44.0 Å². The van der Waals surface area contributed by atoms with Crippen LogP contribution < -0.4 is 5.32 Å². The molecule has 0 fully saturated rings. The number of nitrogens with zero attached hydrogens (tertiary/aromatic N) is 2. The van der Waals surface area contributed by atoms with Crippen molar-refractivity contribution in [2.24, 2.45) is 0 Å². The molecule has 2 heterocycles. The van der Waals surface area contributed by atoms with Gasteiger partial charge in [0.15, 0.2) is 11.6 Å². The number of halogens is 6. The zero-order valence-electron chi connectivity index (χ0n) is 16.9. The molecule has 0 saturated carbocycles. The lowest BCUT2D eigenvalue weighted by atomic mass is 10.0. The molecule has 1 N–H and O–H groups in total. The molecule has 3 rings (SSSR count). The van der Waals surface area contributed by atoms with Crippen molar-refractivity contribution in [2.75, 3.05) is 5.32 Å². The molecule has 0 radical (unpaired) electrons. The largest absolute Gasteiger partial charge is 0.416 e. The Morgan fingerprint density at radius 3 is 2.58 bits per heavy atom. The van der Waals surface area contributed by atoms with Crippen LogP contribution in [0.3, 0.4) is 0 Å². The highest BCUT2D eigenvalue weighted by Crippen LogP contribution is 2.36. The molecule has 0 aliphatic carbocycles. The summed E-state index contributed by atoms with van der Waals surface area (Å²) in [5.41, 5.74) is -0.198. The van der Waals surface area contributed by atoms with Crippen molar-refractivity contribution in [3.8, 4) is 0 Å². The highest BCUT2D eigenvalue weighted by Gasteiger charge is 2.33. The summed E-state index contributed by atoms with van der Waals surface area (Å²) in [4.78, 5) is 0. The van der Waals surface area contributed by atoms with Crippen LogP contribution in [0.25, 0.3) is 5.57 Å². The highest BCUT2D eigenvalue weighted by atomic mass is 19.4. The number of nitrogens with one attached hydrogen (secondary N) is 1. The van der Waals surface area contributed by atoms with Crippen molar-refractivity contribution in [1.29, 1.82) is 0 Å². The molecule has 0 amide bonds. The molecule has 1 atom stereocenters. The summed E-state index contributed by atoms with van der Waals surface area (Å²) in [5, 5.41) is 7.34. The average Bonchev–Trinajstić information content (AvgIpc) is 3.28. The Hall–Kier alpha value is -2.97. The van der Waals surface area contributed by atoms with Crippen LogP contribution in [0.1, 0.15) is 44.1 Å². The first-order valence-electron chi connectivity index (χ1n) is 9.75. The molecule has 3 nitrogen and oxygen atoms in total. The molecule has 1 aromatic carbocycles. The SMILES string of the molecule is C\C=C(F)/C(=C\C(=C\CC)C(F)(F)F)c1cc2n(n1)CCC2Nc1ccc(F)c(F)c1. The van der Waals surface area contributed by atoms with Crippen molar-refractivity contribution >= 4 is 11.3 Å². The summed E-state index contributed by atoms with van der Waals surface area (Å²) in [5.74, 6) is -2.80. The summed E-state index contributed by atoms with van der Waals surface area (Å²) < 4.78 is 82.7. The standard InChI is InChI=1S/C22H21F6N3/c1-3-5-13(22(26,27)28)10-15(16(23)4-2)20-12-21-19(8-9-31(21)30-20)29-14-6-7-17(24)18(25)11-14/h4-7,10-12,19,29H,3,8-9H2,1-2H3/b13-5-,15-10+,16-4+. The fraction of sp³-hybridized carbons (Fsp3) is 0.318.